The molecule has 0 radical (unpaired) electrons. The summed E-state index contributed by atoms with van der Waals surface area (Å²) in [5.74, 6) is 0.222. The molecule has 1 saturated heterocycles. The maximum atomic E-state index is 12.2. The van der Waals surface area contributed by atoms with Crippen LogP contribution in [0.2, 0.25) is 0 Å². The van der Waals surface area contributed by atoms with Crippen LogP contribution >= 0.6 is 0 Å². The van der Waals surface area contributed by atoms with E-state index in [1.165, 1.54) is 4.90 Å². The van der Waals surface area contributed by atoms with E-state index in [1.54, 1.807) is 0 Å². The number of halogens is 3. The normalized spacial score (nSPS) is 20.9. The topological polar surface area (TPSA) is 23.6 Å². The maximum absolute atomic E-state index is 12.2. The Morgan fingerprint density at radius 1 is 1.17 bits per heavy atom. The lowest BCUT2D eigenvalue weighted by Gasteiger charge is -2.34. The van der Waals surface area contributed by atoms with Crippen molar-refractivity contribution in [3.8, 4) is 0 Å². The van der Waals surface area contributed by atoms with Gasteiger partial charge in [0, 0.05) is 32.1 Å². The zero-order chi connectivity index (χ0) is 13.8. The number of hydrogen-bond donors (Lipinski definition) is 0. The van der Waals surface area contributed by atoms with E-state index >= 15 is 0 Å². The van der Waals surface area contributed by atoms with Crippen molar-refractivity contribution < 1.29 is 18.0 Å². The molecule has 0 aliphatic carbocycles. The summed E-state index contributed by atoms with van der Waals surface area (Å²) in [6.45, 7) is 5.22. The Kier molecular flexibility index (Phi) is 5.59. The molecule has 1 atom stereocenters. The first kappa shape index (κ1) is 15.4. The van der Waals surface area contributed by atoms with Crippen molar-refractivity contribution in [1.29, 1.82) is 0 Å². The van der Waals surface area contributed by atoms with Gasteiger partial charge in [0.05, 0.1) is 13.1 Å². The summed E-state index contributed by atoms with van der Waals surface area (Å²) in [7, 11) is 0. The lowest BCUT2D eigenvalue weighted by Crippen LogP contribution is -2.50. The van der Waals surface area contributed by atoms with Crippen LogP contribution in [-0.2, 0) is 4.79 Å². The first-order valence-electron chi connectivity index (χ1n) is 6.36. The number of rotatable bonds is 5. The van der Waals surface area contributed by atoms with Crippen LogP contribution in [0.25, 0.3) is 0 Å². The van der Waals surface area contributed by atoms with Crippen molar-refractivity contribution >= 4 is 5.78 Å². The second-order valence-corrected chi connectivity index (χ2v) is 4.94. The molecule has 0 aromatic rings. The number of Topliss-reactive ketones (excluding diaryl/α,β-unsaturated/α-hetero) is 1. The number of piperazine rings is 1. The molecule has 1 aliphatic heterocycles. The summed E-state index contributed by atoms with van der Waals surface area (Å²) < 4.78 is 36.6. The van der Waals surface area contributed by atoms with Gasteiger partial charge in [0.25, 0.3) is 0 Å². The summed E-state index contributed by atoms with van der Waals surface area (Å²) in [6, 6.07) is 0. The van der Waals surface area contributed by atoms with Crippen molar-refractivity contribution in [2.75, 3.05) is 39.3 Å². The summed E-state index contributed by atoms with van der Waals surface area (Å²) in [5.41, 5.74) is 0. The smallest absolute Gasteiger partial charge is 0.298 e. The van der Waals surface area contributed by atoms with E-state index < -0.39 is 12.7 Å². The molecule has 0 bridgehead atoms. The highest BCUT2D eigenvalue weighted by Crippen LogP contribution is 2.17. The number of carbonyl (C=O) groups is 1. The molecule has 0 N–H and O–H groups in total. The Bertz CT molecular complexity index is 273. The molecule has 1 unspecified atom stereocenters. The second kappa shape index (κ2) is 6.52. The molecular weight excluding hydrogens is 245 g/mol. The van der Waals surface area contributed by atoms with Crippen LogP contribution in [0.3, 0.4) is 0 Å². The number of carbonyl (C=O) groups excluding carboxylic acids is 1. The van der Waals surface area contributed by atoms with Crippen molar-refractivity contribution in [3.63, 3.8) is 0 Å². The van der Waals surface area contributed by atoms with Gasteiger partial charge in [-0.3, -0.25) is 14.6 Å². The molecule has 0 amide bonds. The van der Waals surface area contributed by atoms with Crippen LogP contribution in [-0.4, -0.2) is 61.0 Å². The molecule has 0 saturated carbocycles. The maximum Gasteiger partial charge on any atom is 0.401 e. The predicted octanol–water partition coefficient (Wildman–Crippen LogP) is 1.78. The Morgan fingerprint density at radius 2 is 1.67 bits per heavy atom. The van der Waals surface area contributed by atoms with Crippen LogP contribution in [0, 0.1) is 5.92 Å². The van der Waals surface area contributed by atoms with E-state index in [0.29, 0.717) is 32.7 Å². The summed E-state index contributed by atoms with van der Waals surface area (Å²) >= 11 is 0. The number of alkyl halides is 3. The summed E-state index contributed by atoms with van der Waals surface area (Å²) in [6.07, 6.45) is -3.32. The van der Waals surface area contributed by atoms with Crippen LogP contribution in [0.5, 0.6) is 0 Å². The Labute approximate surface area is 106 Å². The largest absolute Gasteiger partial charge is 0.401 e. The molecule has 1 fully saturated rings. The molecule has 0 aromatic carbocycles. The van der Waals surface area contributed by atoms with Crippen LogP contribution < -0.4 is 0 Å². The molecule has 0 spiro atoms. The van der Waals surface area contributed by atoms with Crippen LogP contribution in [0.15, 0.2) is 0 Å². The standard InChI is InChI=1S/C12H21F3N2O/c1-3-10(2)11(18)8-16-4-6-17(7-5-16)9-12(13,14)15/h10H,3-9H2,1-2H3. The SMILES string of the molecule is CCC(C)C(=O)CN1CCN(CC(F)(F)F)CC1. The molecule has 106 valence electrons. The highest BCUT2D eigenvalue weighted by Gasteiger charge is 2.32. The van der Waals surface area contributed by atoms with Crippen molar-refractivity contribution in [2.24, 2.45) is 5.92 Å². The van der Waals surface area contributed by atoms with Gasteiger partial charge >= 0.3 is 6.18 Å². The van der Waals surface area contributed by atoms with E-state index in [0.717, 1.165) is 6.42 Å². The first-order chi connectivity index (χ1) is 8.31. The number of ketones is 1. The van der Waals surface area contributed by atoms with E-state index in [9.17, 15) is 18.0 Å². The minimum absolute atomic E-state index is 0.0400. The quantitative estimate of drug-likeness (QED) is 0.758. The third kappa shape index (κ3) is 5.35. The minimum Gasteiger partial charge on any atom is -0.298 e. The summed E-state index contributed by atoms with van der Waals surface area (Å²) in [5, 5.41) is 0. The van der Waals surface area contributed by atoms with Crippen molar-refractivity contribution in [1.82, 2.24) is 9.80 Å². The van der Waals surface area contributed by atoms with E-state index in [2.05, 4.69) is 0 Å². The Hall–Kier alpha value is -0.620. The Balaban J connectivity index is 2.29. The number of nitrogens with zero attached hydrogens (tertiary/aromatic N) is 2. The van der Waals surface area contributed by atoms with E-state index in [4.69, 9.17) is 0 Å². The fraction of sp³-hybridized carbons (Fsp3) is 0.917. The lowest BCUT2D eigenvalue weighted by atomic mass is 10.0. The van der Waals surface area contributed by atoms with Crippen molar-refractivity contribution in [3.05, 3.63) is 0 Å². The fourth-order valence-corrected chi connectivity index (χ4v) is 1.96. The molecule has 6 heteroatoms. The first-order valence-corrected chi connectivity index (χ1v) is 6.36. The van der Waals surface area contributed by atoms with Gasteiger partial charge in [-0.25, -0.2) is 0 Å². The molecule has 1 aliphatic rings. The monoisotopic (exact) mass is 266 g/mol. The molecule has 1 heterocycles. The third-order valence-electron chi connectivity index (χ3n) is 3.41. The lowest BCUT2D eigenvalue weighted by molar-refractivity contribution is -0.150. The Morgan fingerprint density at radius 3 is 2.11 bits per heavy atom. The average Bonchev–Trinajstić information content (AvgIpc) is 2.28. The molecule has 0 aromatic heterocycles. The van der Waals surface area contributed by atoms with Gasteiger partial charge in [-0.15, -0.1) is 0 Å². The van der Waals surface area contributed by atoms with Gasteiger partial charge in [0.15, 0.2) is 0 Å². The van der Waals surface area contributed by atoms with Crippen LogP contribution in [0.4, 0.5) is 13.2 Å². The highest BCUT2D eigenvalue weighted by atomic mass is 19.4. The summed E-state index contributed by atoms with van der Waals surface area (Å²) in [4.78, 5) is 15.1. The minimum atomic E-state index is -4.13. The second-order valence-electron chi connectivity index (χ2n) is 4.94. The highest BCUT2D eigenvalue weighted by molar-refractivity contribution is 5.82. The molecule has 1 rings (SSSR count). The van der Waals surface area contributed by atoms with Gasteiger partial charge in [0.2, 0.25) is 0 Å². The average molecular weight is 266 g/mol. The van der Waals surface area contributed by atoms with Crippen molar-refractivity contribution in [2.45, 2.75) is 26.4 Å². The van der Waals surface area contributed by atoms with Crippen LogP contribution in [0.1, 0.15) is 20.3 Å². The van der Waals surface area contributed by atoms with E-state index in [-0.39, 0.29) is 11.7 Å². The molecule has 18 heavy (non-hydrogen) atoms. The third-order valence-corrected chi connectivity index (χ3v) is 3.41. The predicted molar refractivity (Wildman–Crippen MR) is 63.4 cm³/mol. The van der Waals surface area contributed by atoms with Gasteiger partial charge in [-0.2, -0.15) is 13.2 Å². The van der Waals surface area contributed by atoms with Gasteiger partial charge in [0.1, 0.15) is 5.78 Å². The number of hydrogen-bond acceptors (Lipinski definition) is 3. The molecular formula is C12H21F3N2O. The zero-order valence-corrected chi connectivity index (χ0v) is 11.0. The zero-order valence-electron chi connectivity index (χ0n) is 11.0. The molecule has 3 nitrogen and oxygen atoms in total. The van der Waals surface area contributed by atoms with Gasteiger partial charge in [-0.05, 0) is 6.42 Å². The van der Waals surface area contributed by atoms with Gasteiger partial charge < -0.3 is 0 Å². The van der Waals surface area contributed by atoms with Gasteiger partial charge in [-0.1, -0.05) is 13.8 Å². The fourth-order valence-electron chi connectivity index (χ4n) is 1.96. The van der Waals surface area contributed by atoms with E-state index in [1.807, 2.05) is 18.7 Å².